The molecule has 0 amide bonds. The fourth-order valence-corrected chi connectivity index (χ4v) is 1.19. The van der Waals surface area contributed by atoms with Crippen molar-refractivity contribution in [3.63, 3.8) is 0 Å². The standard InChI is InChI=1S/C12H18N2/c1-9(2)10(3)12(13)14-11-7-5-4-6-8-11/h5,7-8,14H,1,4,6,13H2,2-3H3/b12-10-. The van der Waals surface area contributed by atoms with Crippen LogP contribution in [0, 0.1) is 0 Å². The van der Waals surface area contributed by atoms with Crippen molar-refractivity contribution in [3.05, 3.63) is 47.5 Å². The first-order valence-electron chi connectivity index (χ1n) is 4.87. The third kappa shape index (κ3) is 2.80. The normalized spacial score (nSPS) is 17.1. The molecule has 2 heteroatoms. The second kappa shape index (κ2) is 4.70. The Hall–Kier alpha value is -1.44. The van der Waals surface area contributed by atoms with Gasteiger partial charge in [0.05, 0.1) is 0 Å². The first-order valence-corrected chi connectivity index (χ1v) is 4.87. The predicted octanol–water partition coefficient (Wildman–Crippen LogP) is 2.58. The maximum absolute atomic E-state index is 5.88. The lowest BCUT2D eigenvalue weighted by Gasteiger charge is -2.13. The maximum atomic E-state index is 5.88. The predicted molar refractivity (Wildman–Crippen MR) is 61.3 cm³/mol. The summed E-state index contributed by atoms with van der Waals surface area (Å²) in [6.45, 7) is 7.78. The van der Waals surface area contributed by atoms with Crippen LogP contribution < -0.4 is 11.1 Å². The Morgan fingerprint density at radius 2 is 2.14 bits per heavy atom. The van der Waals surface area contributed by atoms with Crippen LogP contribution in [0.15, 0.2) is 47.5 Å². The van der Waals surface area contributed by atoms with E-state index in [0.717, 1.165) is 29.7 Å². The molecule has 14 heavy (non-hydrogen) atoms. The Morgan fingerprint density at radius 1 is 1.43 bits per heavy atom. The summed E-state index contributed by atoms with van der Waals surface area (Å²) >= 11 is 0. The molecule has 0 saturated carbocycles. The Kier molecular flexibility index (Phi) is 3.57. The van der Waals surface area contributed by atoms with E-state index in [1.54, 1.807) is 0 Å². The fraction of sp³-hybridized carbons (Fsp3) is 0.333. The van der Waals surface area contributed by atoms with Crippen molar-refractivity contribution in [2.45, 2.75) is 26.7 Å². The second-order valence-electron chi connectivity index (χ2n) is 3.58. The summed E-state index contributed by atoms with van der Waals surface area (Å²) in [5, 5.41) is 3.17. The highest BCUT2D eigenvalue weighted by atomic mass is 15.0. The highest BCUT2D eigenvalue weighted by molar-refractivity contribution is 5.32. The number of hydrogen-bond acceptors (Lipinski definition) is 2. The largest absolute Gasteiger partial charge is 0.385 e. The van der Waals surface area contributed by atoms with Gasteiger partial charge in [0.15, 0.2) is 0 Å². The minimum atomic E-state index is 0.690. The van der Waals surface area contributed by atoms with Gasteiger partial charge >= 0.3 is 0 Å². The Morgan fingerprint density at radius 3 is 2.64 bits per heavy atom. The van der Waals surface area contributed by atoms with Crippen molar-refractivity contribution in [1.29, 1.82) is 0 Å². The van der Waals surface area contributed by atoms with Crippen molar-refractivity contribution in [3.8, 4) is 0 Å². The molecular weight excluding hydrogens is 172 g/mol. The molecule has 0 saturated heterocycles. The van der Waals surface area contributed by atoms with Gasteiger partial charge in [0.25, 0.3) is 0 Å². The zero-order chi connectivity index (χ0) is 10.6. The van der Waals surface area contributed by atoms with Gasteiger partial charge in [0.2, 0.25) is 0 Å². The average molecular weight is 190 g/mol. The molecule has 0 aromatic rings. The van der Waals surface area contributed by atoms with Crippen LogP contribution in [-0.2, 0) is 0 Å². The Balaban J connectivity index is 2.69. The monoisotopic (exact) mass is 190 g/mol. The van der Waals surface area contributed by atoms with Gasteiger partial charge in [-0.15, -0.1) is 0 Å². The molecule has 3 N–H and O–H groups in total. The third-order valence-corrected chi connectivity index (χ3v) is 2.32. The van der Waals surface area contributed by atoms with Crippen LogP contribution in [0.1, 0.15) is 26.7 Å². The summed E-state index contributed by atoms with van der Waals surface area (Å²) in [4.78, 5) is 0. The molecule has 1 rings (SSSR count). The Labute approximate surface area is 85.9 Å². The van der Waals surface area contributed by atoms with Crippen molar-refractivity contribution in [1.82, 2.24) is 5.32 Å². The van der Waals surface area contributed by atoms with E-state index in [9.17, 15) is 0 Å². The lowest BCUT2D eigenvalue weighted by Crippen LogP contribution is -2.21. The lowest BCUT2D eigenvalue weighted by molar-refractivity contribution is 0.905. The van der Waals surface area contributed by atoms with E-state index in [2.05, 4.69) is 30.1 Å². The number of rotatable bonds is 3. The summed E-state index contributed by atoms with van der Waals surface area (Å²) in [5.41, 5.74) is 8.97. The zero-order valence-corrected chi connectivity index (χ0v) is 8.93. The van der Waals surface area contributed by atoms with Gasteiger partial charge in [0.1, 0.15) is 5.82 Å². The maximum Gasteiger partial charge on any atom is 0.104 e. The van der Waals surface area contributed by atoms with Gasteiger partial charge in [-0.25, -0.2) is 0 Å². The quantitative estimate of drug-likeness (QED) is 0.671. The molecule has 0 radical (unpaired) electrons. The summed E-state index contributed by atoms with van der Waals surface area (Å²) in [6, 6.07) is 0. The molecule has 0 atom stereocenters. The number of nitrogens with one attached hydrogen (secondary N) is 1. The van der Waals surface area contributed by atoms with Crippen molar-refractivity contribution in [2.75, 3.05) is 0 Å². The average Bonchev–Trinajstić information content (AvgIpc) is 2.18. The number of allylic oxidation sites excluding steroid dienone is 5. The first kappa shape index (κ1) is 10.6. The molecule has 1 aliphatic carbocycles. The molecule has 0 spiro atoms. The zero-order valence-electron chi connectivity index (χ0n) is 8.93. The van der Waals surface area contributed by atoms with Crippen LogP contribution in [0.2, 0.25) is 0 Å². The SMILES string of the molecule is C=C(C)/C(C)=C(/N)NC1=CCCC=C1. The highest BCUT2D eigenvalue weighted by Gasteiger charge is 2.01. The minimum absolute atomic E-state index is 0.690. The molecule has 2 nitrogen and oxygen atoms in total. The molecule has 76 valence electrons. The third-order valence-electron chi connectivity index (χ3n) is 2.32. The lowest BCUT2D eigenvalue weighted by atomic mass is 10.1. The summed E-state index contributed by atoms with van der Waals surface area (Å²) in [5.74, 6) is 0.690. The van der Waals surface area contributed by atoms with Gasteiger partial charge in [-0.05, 0) is 38.3 Å². The molecule has 0 aromatic carbocycles. The molecule has 0 aromatic heterocycles. The summed E-state index contributed by atoms with van der Waals surface area (Å²) in [7, 11) is 0. The molecule has 1 aliphatic rings. The minimum Gasteiger partial charge on any atom is -0.385 e. The Bertz CT molecular complexity index is 319. The summed E-state index contributed by atoms with van der Waals surface area (Å²) < 4.78 is 0. The van der Waals surface area contributed by atoms with E-state index in [1.165, 1.54) is 0 Å². The van der Waals surface area contributed by atoms with Crippen LogP contribution in [0.3, 0.4) is 0 Å². The van der Waals surface area contributed by atoms with Crippen LogP contribution in [0.4, 0.5) is 0 Å². The van der Waals surface area contributed by atoms with Crippen LogP contribution in [0.5, 0.6) is 0 Å². The van der Waals surface area contributed by atoms with E-state index in [0.29, 0.717) is 5.82 Å². The van der Waals surface area contributed by atoms with Crippen LogP contribution in [0.25, 0.3) is 0 Å². The highest BCUT2D eigenvalue weighted by Crippen LogP contribution is 2.11. The van der Waals surface area contributed by atoms with E-state index in [1.807, 2.05) is 13.8 Å². The van der Waals surface area contributed by atoms with E-state index in [-0.39, 0.29) is 0 Å². The number of nitrogens with two attached hydrogens (primary N) is 1. The van der Waals surface area contributed by atoms with Gasteiger partial charge in [0, 0.05) is 5.70 Å². The molecule has 0 fully saturated rings. The molecule has 0 heterocycles. The topological polar surface area (TPSA) is 38.0 Å². The molecule has 0 bridgehead atoms. The van der Waals surface area contributed by atoms with Crippen LogP contribution in [-0.4, -0.2) is 0 Å². The smallest absolute Gasteiger partial charge is 0.104 e. The van der Waals surface area contributed by atoms with Gasteiger partial charge < -0.3 is 11.1 Å². The van der Waals surface area contributed by atoms with E-state index >= 15 is 0 Å². The van der Waals surface area contributed by atoms with Gasteiger partial charge in [-0.2, -0.15) is 0 Å². The van der Waals surface area contributed by atoms with Gasteiger partial charge in [-0.1, -0.05) is 24.3 Å². The van der Waals surface area contributed by atoms with Crippen molar-refractivity contribution < 1.29 is 0 Å². The second-order valence-corrected chi connectivity index (χ2v) is 3.58. The van der Waals surface area contributed by atoms with Gasteiger partial charge in [-0.3, -0.25) is 0 Å². The van der Waals surface area contributed by atoms with Crippen molar-refractivity contribution >= 4 is 0 Å². The van der Waals surface area contributed by atoms with Crippen molar-refractivity contribution in [2.24, 2.45) is 5.73 Å². The summed E-state index contributed by atoms with van der Waals surface area (Å²) in [6.07, 6.45) is 8.55. The molecule has 0 unspecified atom stereocenters. The van der Waals surface area contributed by atoms with E-state index < -0.39 is 0 Å². The first-order chi connectivity index (χ1) is 6.61. The van der Waals surface area contributed by atoms with E-state index in [4.69, 9.17) is 5.73 Å². The molecule has 0 aliphatic heterocycles. The van der Waals surface area contributed by atoms with Crippen LogP contribution >= 0.6 is 0 Å². The molecular formula is C12H18N2. The number of hydrogen-bond donors (Lipinski definition) is 2. The fourth-order valence-electron chi connectivity index (χ4n) is 1.19.